The van der Waals surface area contributed by atoms with E-state index in [0.717, 1.165) is 29.4 Å². The Labute approximate surface area is 113 Å². The Bertz CT molecular complexity index is 384. The van der Waals surface area contributed by atoms with Gasteiger partial charge < -0.3 is 5.73 Å². The molecule has 0 aliphatic heterocycles. The SMILES string of the molecule is CCc1nn(C)c(CC(N)(CC)C(C)C)c1Br. The first-order valence-corrected chi connectivity index (χ1v) is 7.14. The second-order valence-corrected chi connectivity index (χ2v) is 5.90. The molecule has 0 aliphatic carbocycles. The molecule has 1 aromatic rings. The Morgan fingerprint density at radius 1 is 1.41 bits per heavy atom. The molecule has 0 bridgehead atoms. The smallest absolute Gasteiger partial charge is 0.0766 e. The maximum atomic E-state index is 6.50. The van der Waals surface area contributed by atoms with Gasteiger partial charge in [0.1, 0.15) is 0 Å². The zero-order chi connectivity index (χ0) is 13.2. The molecule has 0 spiro atoms. The number of aryl methyl sites for hydroxylation is 2. The average molecular weight is 302 g/mol. The molecule has 0 radical (unpaired) electrons. The third-order valence-electron chi connectivity index (χ3n) is 3.81. The molecule has 0 saturated heterocycles. The van der Waals surface area contributed by atoms with Gasteiger partial charge in [-0.15, -0.1) is 0 Å². The van der Waals surface area contributed by atoms with E-state index in [-0.39, 0.29) is 5.54 Å². The molecular weight excluding hydrogens is 278 g/mol. The summed E-state index contributed by atoms with van der Waals surface area (Å²) >= 11 is 3.65. The van der Waals surface area contributed by atoms with Gasteiger partial charge in [-0.1, -0.05) is 27.7 Å². The highest BCUT2D eigenvalue weighted by Crippen LogP contribution is 2.29. The lowest BCUT2D eigenvalue weighted by molar-refractivity contribution is 0.290. The molecule has 98 valence electrons. The zero-order valence-corrected chi connectivity index (χ0v) is 13.1. The first-order chi connectivity index (χ1) is 7.85. The third kappa shape index (κ3) is 2.91. The van der Waals surface area contributed by atoms with E-state index in [0.29, 0.717) is 5.92 Å². The molecule has 0 fully saturated rings. The molecule has 1 aromatic heterocycles. The lowest BCUT2D eigenvalue weighted by atomic mass is 9.81. The van der Waals surface area contributed by atoms with Crippen molar-refractivity contribution in [1.82, 2.24) is 9.78 Å². The molecule has 0 aromatic carbocycles. The van der Waals surface area contributed by atoms with Crippen LogP contribution in [0.3, 0.4) is 0 Å². The van der Waals surface area contributed by atoms with Gasteiger partial charge in [-0.2, -0.15) is 5.10 Å². The van der Waals surface area contributed by atoms with Crippen LogP contribution in [-0.4, -0.2) is 15.3 Å². The highest BCUT2D eigenvalue weighted by atomic mass is 79.9. The second-order valence-electron chi connectivity index (χ2n) is 5.10. The van der Waals surface area contributed by atoms with Crippen molar-refractivity contribution in [2.75, 3.05) is 0 Å². The minimum atomic E-state index is -0.151. The predicted molar refractivity (Wildman–Crippen MR) is 76.0 cm³/mol. The van der Waals surface area contributed by atoms with Crippen LogP contribution >= 0.6 is 15.9 Å². The van der Waals surface area contributed by atoms with Crippen LogP contribution in [0.1, 0.15) is 45.5 Å². The molecule has 1 atom stereocenters. The van der Waals surface area contributed by atoms with Crippen molar-refractivity contribution in [3.63, 3.8) is 0 Å². The number of aromatic nitrogens is 2. The predicted octanol–water partition coefficient (Wildman–Crippen LogP) is 3.05. The lowest BCUT2D eigenvalue weighted by Gasteiger charge is -2.32. The van der Waals surface area contributed by atoms with E-state index in [1.165, 1.54) is 5.69 Å². The maximum absolute atomic E-state index is 6.50. The summed E-state index contributed by atoms with van der Waals surface area (Å²) in [6.45, 7) is 8.66. The monoisotopic (exact) mass is 301 g/mol. The molecule has 17 heavy (non-hydrogen) atoms. The van der Waals surface area contributed by atoms with Gasteiger partial charge in [-0.25, -0.2) is 0 Å². The van der Waals surface area contributed by atoms with Gasteiger partial charge in [0.15, 0.2) is 0 Å². The van der Waals surface area contributed by atoms with E-state index in [9.17, 15) is 0 Å². The molecule has 0 saturated carbocycles. The number of hydrogen-bond acceptors (Lipinski definition) is 2. The normalized spacial score (nSPS) is 15.3. The summed E-state index contributed by atoms with van der Waals surface area (Å²) in [5.41, 5.74) is 8.67. The topological polar surface area (TPSA) is 43.8 Å². The lowest BCUT2D eigenvalue weighted by Crippen LogP contribution is -2.47. The van der Waals surface area contributed by atoms with Gasteiger partial charge in [0.05, 0.1) is 15.9 Å². The molecule has 1 rings (SSSR count). The van der Waals surface area contributed by atoms with Gasteiger partial charge in [-0.3, -0.25) is 4.68 Å². The third-order valence-corrected chi connectivity index (χ3v) is 4.72. The van der Waals surface area contributed by atoms with Crippen LogP contribution in [0.4, 0.5) is 0 Å². The van der Waals surface area contributed by atoms with Crippen LogP contribution in [0, 0.1) is 5.92 Å². The average Bonchev–Trinajstić information content (AvgIpc) is 2.55. The number of nitrogens with zero attached hydrogens (tertiary/aromatic N) is 2. The Hall–Kier alpha value is -0.350. The standard InChI is InChI=1S/C13H24BrN3/c1-6-10-12(14)11(17(5)16-10)8-13(15,7-2)9(3)4/h9H,6-8,15H2,1-5H3. The fourth-order valence-corrected chi connectivity index (χ4v) is 2.82. The summed E-state index contributed by atoms with van der Waals surface area (Å²) in [4.78, 5) is 0. The van der Waals surface area contributed by atoms with Gasteiger partial charge in [0, 0.05) is 19.0 Å². The fraction of sp³-hybridized carbons (Fsp3) is 0.769. The van der Waals surface area contributed by atoms with Gasteiger partial charge in [0.25, 0.3) is 0 Å². The van der Waals surface area contributed by atoms with Crippen LogP contribution in [0.5, 0.6) is 0 Å². The minimum absolute atomic E-state index is 0.151. The Balaban J connectivity index is 3.06. The van der Waals surface area contributed by atoms with Crippen LogP contribution < -0.4 is 5.73 Å². The highest BCUT2D eigenvalue weighted by Gasteiger charge is 2.30. The van der Waals surface area contributed by atoms with Crippen molar-refractivity contribution >= 4 is 15.9 Å². The van der Waals surface area contributed by atoms with Crippen molar-refractivity contribution in [3.8, 4) is 0 Å². The van der Waals surface area contributed by atoms with E-state index in [2.05, 4.69) is 48.7 Å². The minimum Gasteiger partial charge on any atom is -0.325 e. The van der Waals surface area contributed by atoms with Gasteiger partial charge >= 0.3 is 0 Å². The second kappa shape index (κ2) is 5.53. The molecule has 2 N–H and O–H groups in total. The Kier molecular flexibility index (Phi) is 4.78. The molecule has 3 nitrogen and oxygen atoms in total. The Morgan fingerprint density at radius 2 is 2.00 bits per heavy atom. The Morgan fingerprint density at radius 3 is 2.35 bits per heavy atom. The van der Waals surface area contributed by atoms with Crippen molar-refractivity contribution in [1.29, 1.82) is 0 Å². The van der Waals surface area contributed by atoms with Crippen molar-refractivity contribution in [2.24, 2.45) is 18.7 Å². The van der Waals surface area contributed by atoms with E-state index in [4.69, 9.17) is 5.73 Å². The number of hydrogen-bond donors (Lipinski definition) is 1. The van der Waals surface area contributed by atoms with E-state index >= 15 is 0 Å². The first-order valence-electron chi connectivity index (χ1n) is 6.34. The summed E-state index contributed by atoms with van der Waals surface area (Å²) < 4.78 is 3.09. The maximum Gasteiger partial charge on any atom is 0.0766 e. The van der Waals surface area contributed by atoms with Crippen LogP contribution in [-0.2, 0) is 19.9 Å². The molecule has 0 amide bonds. The number of halogens is 1. The van der Waals surface area contributed by atoms with E-state index in [1.807, 2.05) is 11.7 Å². The van der Waals surface area contributed by atoms with E-state index in [1.54, 1.807) is 0 Å². The largest absolute Gasteiger partial charge is 0.325 e. The van der Waals surface area contributed by atoms with E-state index < -0.39 is 0 Å². The van der Waals surface area contributed by atoms with Gasteiger partial charge in [-0.05, 0) is 34.7 Å². The fourth-order valence-electron chi connectivity index (χ4n) is 2.06. The highest BCUT2D eigenvalue weighted by molar-refractivity contribution is 9.10. The van der Waals surface area contributed by atoms with Crippen molar-refractivity contribution < 1.29 is 0 Å². The molecular formula is C13H24BrN3. The quantitative estimate of drug-likeness (QED) is 0.908. The molecule has 1 heterocycles. The number of rotatable bonds is 5. The van der Waals surface area contributed by atoms with Crippen LogP contribution in [0.25, 0.3) is 0 Å². The zero-order valence-electron chi connectivity index (χ0n) is 11.5. The van der Waals surface area contributed by atoms with Crippen molar-refractivity contribution in [3.05, 3.63) is 15.9 Å². The number of nitrogens with two attached hydrogens (primary N) is 1. The summed E-state index contributed by atoms with van der Waals surface area (Å²) in [5.74, 6) is 0.458. The summed E-state index contributed by atoms with van der Waals surface area (Å²) in [6, 6.07) is 0. The molecule has 1 unspecified atom stereocenters. The molecule has 0 aliphatic rings. The summed E-state index contributed by atoms with van der Waals surface area (Å²) in [7, 11) is 2.00. The van der Waals surface area contributed by atoms with Crippen LogP contribution in [0.15, 0.2) is 4.47 Å². The van der Waals surface area contributed by atoms with Crippen molar-refractivity contribution in [2.45, 2.75) is 52.5 Å². The summed E-state index contributed by atoms with van der Waals surface area (Å²) in [6.07, 6.45) is 2.79. The van der Waals surface area contributed by atoms with Crippen LogP contribution in [0.2, 0.25) is 0 Å². The van der Waals surface area contributed by atoms with Gasteiger partial charge in [0.2, 0.25) is 0 Å². The first kappa shape index (κ1) is 14.7. The summed E-state index contributed by atoms with van der Waals surface area (Å²) in [5, 5.41) is 4.52. The molecule has 4 heteroatoms.